The Kier molecular flexibility index (Phi) is 5.83. The van der Waals surface area contributed by atoms with Crippen LogP contribution < -0.4 is 0 Å². The predicted octanol–water partition coefficient (Wildman–Crippen LogP) is 2.99. The molecule has 90 valence electrons. The molecule has 0 aromatic heterocycles. The van der Waals surface area contributed by atoms with Gasteiger partial charge in [-0.1, -0.05) is 31.9 Å². The highest BCUT2D eigenvalue weighted by molar-refractivity contribution is 5.94. The van der Waals surface area contributed by atoms with Gasteiger partial charge in [0.05, 0.1) is 12.3 Å². The lowest BCUT2D eigenvalue weighted by atomic mass is 10.0. The van der Waals surface area contributed by atoms with E-state index in [-0.39, 0.29) is 24.3 Å². The highest BCUT2D eigenvalue weighted by Gasteiger charge is 2.32. The zero-order chi connectivity index (χ0) is 11.8. The maximum atomic E-state index is 11.1. The van der Waals surface area contributed by atoms with Gasteiger partial charge in [0.2, 0.25) is 0 Å². The Morgan fingerprint density at radius 1 is 1.25 bits per heavy atom. The molecule has 1 saturated heterocycles. The molecule has 0 saturated carbocycles. The second kappa shape index (κ2) is 7.20. The number of hydrogen-bond acceptors (Lipinski definition) is 3. The van der Waals surface area contributed by atoms with Crippen molar-refractivity contribution in [2.45, 2.75) is 51.9 Å². The Morgan fingerprint density at radius 3 is 2.62 bits per heavy atom. The van der Waals surface area contributed by atoms with Crippen LogP contribution >= 0.6 is 0 Å². The van der Waals surface area contributed by atoms with Crippen LogP contribution in [0.2, 0.25) is 0 Å². The van der Waals surface area contributed by atoms with Crippen LogP contribution in [0.3, 0.4) is 0 Å². The quantitative estimate of drug-likeness (QED) is 0.289. The number of carbonyl (C=O) groups is 2. The van der Waals surface area contributed by atoms with Crippen LogP contribution in [0.4, 0.5) is 0 Å². The van der Waals surface area contributed by atoms with E-state index in [1.807, 2.05) is 0 Å². The number of hydrogen-bond donors (Lipinski definition) is 0. The molecule has 1 rings (SSSR count). The summed E-state index contributed by atoms with van der Waals surface area (Å²) in [6, 6.07) is 0. The molecule has 3 heteroatoms. The third kappa shape index (κ3) is 4.60. The van der Waals surface area contributed by atoms with Gasteiger partial charge in [-0.25, -0.2) is 0 Å². The molecule has 0 N–H and O–H groups in total. The maximum absolute atomic E-state index is 11.1. The summed E-state index contributed by atoms with van der Waals surface area (Å²) in [6.45, 7) is 2.19. The van der Waals surface area contributed by atoms with E-state index in [0.717, 1.165) is 19.3 Å². The van der Waals surface area contributed by atoms with Crippen LogP contribution in [-0.2, 0) is 14.3 Å². The van der Waals surface area contributed by atoms with Gasteiger partial charge < -0.3 is 4.74 Å². The van der Waals surface area contributed by atoms with Crippen molar-refractivity contribution in [3.05, 3.63) is 12.2 Å². The molecule has 1 atom stereocenters. The van der Waals surface area contributed by atoms with E-state index in [0.29, 0.717) is 0 Å². The van der Waals surface area contributed by atoms with Crippen LogP contribution in [0.15, 0.2) is 12.2 Å². The molecule has 1 heterocycles. The van der Waals surface area contributed by atoms with Crippen molar-refractivity contribution in [1.82, 2.24) is 0 Å². The average Bonchev–Trinajstić information content (AvgIpc) is 2.56. The van der Waals surface area contributed by atoms with Gasteiger partial charge in [0.15, 0.2) is 0 Å². The Balaban J connectivity index is 2.06. The summed E-state index contributed by atoms with van der Waals surface area (Å²) in [6.07, 6.45) is 11.0. The molecule has 1 aliphatic rings. The number of esters is 2. The second-order valence-corrected chi connectivity index (χ2v) is 4.24. The highest BCUT2D eigenvalue weighted by Crippen LogP contribution is 2.21. The van der Waals surface area contributed by atoms with Crippen molar-refractivity contribution >= 4 is 11.9 Å². The van der Waals surface area contributed by atoms with E-state index in [1.165, 1.54) is 19.3 Å². The molecular weight excluding hydrogens is 204 g/mol. The van der Waals surface area contributed by atoms with Crippen LogP contribution in [-0.4, -0.2) is 11.9 Å². The predicted molar refractivity (Wildman–Crippen MR) is 61.7 cm³/mol. The van der Waals surface area contributed by atoms with Gasteiger partial charge in [0, 0.05) is 0 Å². The summed E-state index contributed by atoms with van der Waals surface area (Å²) in [5.74, 6) is -0.917. The standard InChI is InChI=1S/C13H20O3/c1-2-3-4-5-6-7-8-9-11-10-12(14)16-13(11)15/h6-7,11H,2-5,8-10H2,1H3/b7-6+. The number of carbonyl (C=O) groups excluding carboxylic acids is 2. The van der Waals surface area contributed by atoms with Crippen molar-refractivity contribution in [1.29, 1.82) is 0 Å². The highest BCUT2D eigenvalue weighted by atomic mass is 16.6. The first-order chi connectivity index (χ1) is 7.74. The minimum atomic E-state index is -0.373. The van der Waals surface area contributed by atoms with Crippen molar-refractivity contribution in [3.63, 3.8) is 0 Å². The molecule has 0 spiro atoms. The van der Waals surface area contributed by atoms with E-state index in [2.05, 4.69) is 23.8 Å². The van der Waals surface area contributed by atoms with Crippen LogP contribution in [0.25, 0.3) is 0 Å². The number of allylic oxidation sites excluding steroid dienone is 2. The molecule has 0 bridgehead atoms. The van der Waals surface area contributed by atoms with E-state index in [1.54, 1.807) is 0 Å². The maximum Gasteiger partial charge on any atom is 0.317 e. The lowest BCUT2D eigenvalue weighted by Gasteiger charge is -2.00. The van der Waals surface area contributed by atoms with Gasteiger partial charge in [-0.2, -0.15) is 0 Å². The minimum absolute atomic E-state index is 0.201. The summed E-state index contributed by atoms with van der Waals surface area (Å²) >= 11 is 0. The van der Waals surface area contributed by atoms with Crippen LogP contribution in [0.5, 0.6) is 0 Å². The van der Waals surface area contributed by atoms with Crippen LogP contribution in [0.1, 0.15) is 51.9 Å². The van der Waals surface area contributed by atoms with E-state index >= 15 is 0 Å². The Bertz CT molecular complexity index is 268. The monoisotopic (exact) mass is 224 g/mol. The minimum Gasteiger partial charge on any atom is -0.393 e. The first kappa shape index (κ1) is 12.9. The van der Waals surface area contributed by atoms with E-state index in [4.69, 9.17) is 0 Å². The molecule has 0 aromatic carbocycles. The number of unbranched alkanes of at least 4 members (excludes halogenated alkanes) is 3. The summed E-state index contributed by atoms with van der Waals surface area (Å²) < 4.78 is 4.48. The van der Waals surface area contributed by atoms with Crippen molar-refractivity contribution in [2.75, 3.05) is 0 Å². The first-order valence-corrected chi connectivity index (χ1v) is 6.13. The Morgan fingerprint density at radius 2 is 2.00 bits per heavy atom. The third-order valence-corrected chi connectivity index (χ3v) is 2.78. The average molecular weight is 224 g/mol. The molecule has 1 fully saturated rings. The molecule has 3 nitrogen and oxygen atoms in total. The lowest BCUT2D eigenvalue weighted by molar-refractivity contribution is -0.153. The van der Waals surface area contributed by atoms with E-state index in [9.17, 15) is 9.59 Å². The molecular formula is C13H20O3. The summed E-state index contributed by atoms with van der Waals surface area (Å²) in [5.41, 5.74) is 0. The van der Waals surface area contributed by atoms with Crippen molar-refractivity contribution in [3.8, 4) is 0 Å². The van der Waals surface area contributed by atoms with Gasteiger partial charge in [-0.05, 0) is 25.7 Å². The number of ether oxygens (including phenoxy) is 1. The van der Waals surface area contributed by atoms with Crippen LogP contribution in [0, 0.1) is 5.92 Å². The normalized spacial score (nSPS) is 20.7. The molecule has 0 radical (unpaired) electrons. The summed E-state index contributed by atoms with van der Waals surface area (Å²) in [5, 5.41) is 0. The topological polar surface area (TPSA) is 43.4 Å². The van der Waals surface area contributed by atoms with Crippen molar-refractivity contribution in [2.24, 2.45) is 5.92 Å². The van der Waals surface area contributed by atoms with Gasteiger partial charge >= 0.3 is 11.9 Å². The summed E-state index contributed by atoms with van der Waals surface area (Å²) in [7, 11) is 0. The number of rotatable bonds is 7. The fraction of sp³-hybridized carbons (Fsp3) is 0.692. The second-order valence-electron chi connectivity index (χ2n) is 4.24. The first-order valence-electron chi connectivity index (χ1n) is 6.13. The zero-order valence-electron chi connectivity index (χ0n) is 9.91. The largest absolute Gasteiger partial charge is 0.393 e. The van der Waals surface area contributed by atoms with Gasteiger partial charge in [-0.15, -0.1) is 0 Å². The Hall–Kier alpha value is -1.12. The molecule has 1 aliphatic heterocycles. The molecule has 1 unspecified atom stereocenters. The number of cyclic esters (lactones) is 2. The molecule has 0 aliphatic carbocycles. The van der Waals surface area contributed by atoms with Crippen molar-refractivity contribution < 1.29 is 14.3 Å². The SMILES string of the molecule is CCCCC/C=C/CCC1CC(=O)OC1=O. The fourth-order valence-corrected chi connectivity index (χ4v) is 1.79. The van der Waals surface area contributed by atoms with Gasteiger partial charge in [-0.3, -0.25) is 9.59 Å². The zero-order valence-corrected chi connectivity index (χ0v) is 9.91. The third-order valence-electron chi connectivity index (χ3n) is 2.78. The smallest absolute Gasteiger partial charge is 0.317 e. The molecule has 0 amide bonds. The van der Waals surface area contributed by atoms with E-state index < -0.39 is 0 Å². The Labute approximate surface area is 96.9 Å². The molecule has 16 heavy (non-hydrogen) atoms. The van der Waals surface area contributed by atoms with Gasteiger partial charge in [0.25, 0.3) is 0 Å². The fourth-order valence-electron chi connectivity index (χ4n) is 1.79. The lowest BCUT2D eigenvalue weighted by Crippen LogP contribution is -2.06. The molecule has 0 aromatic rings. The van der Waals surface area contributed by atoms with Gasteiger partial charge in [0.1, 0.15) is 0 Å². The summed E-state index contributed by atoms with van der Waals surface area (Å²) in [4.78, 5) is 21.9.